The van der Waals surface area contributed by atoms with Crippen LogP contribution in [-0.4, -0.2) is 69.1 Å². The third-order valence-electron chi connectivity index (χ3n) is 5.15. The summed E-state index contributed by atoms with van der Waals surface area (Å²) in [5.74, 6) is -0.266. The highest BCUT2D eigenvalue weighted by atomic mass is 32.2. The summed E-state index contributed by atoms with van der Waals surface area (Å²) in [5, 5.41) is 0. The molecule has 1 aromatic rings. The van der Waals surface area contributed by atoms with E-state index in [9.17, 15) is 21.6 Å². The van der Waals surface area contributed by atoms with Gasteiger partial charge in [-0.2, -0.15) is 4.31 Å². The maximum Gasteiger partial charge on any atom is 0.254 e. The zero-order chi connectivity index (χ0) is 21.1. The van der Waals surface area contributed by atoms with Gasteiger partial charge >= 0.3 is 0 Å². The van der Waals surface area contributed by atoms with Crippen LogP contribution in [0.15, 0.2) is 29.2 Å². The number of rotatable bonds is 8. The predicted octanol–water partition coefficient (Wildman–Crippen LogP) is 2.14. The van der Waals surface area contributed by atoms with E-state index in [2.05, 4.69) is 0 Å². The molecule has 1 fully saturated rings. The highest BCUT2D eigenvalue weighted by Gasteiger charge is 2.35. The van der Waals surface area contributed by atoms with Gasteiger partial charge in [-0.05, 0) is 44.9 Å². The van der Waals surface area contributed by atoms with E-state index in [1.54, 1.807) is 30.9 Å². The number of sulfone groups is 1. The summed E-state index contributed by atoms with van der Waals surface area (Å²) < 4.78 is 50.5. The summed E-state index contributed by atoms with van der Waals surface area (Å²) >= 11 is 0. The molecule has 1 unspecified atom stereocenters. The first-order valence-electron chi connectivity index (χ1n) is 9.59. The van der Waals surface area contributed by atoms with Gasteiger partial charge in [0, 0.05) is 31.2 Å². The number of carbonyl (C=O) groups excluding carboxylic acids is 1. The average Bonchev–Trinajstić information content (AvgIpc) is 3.00. The van der Waals surface area contributed by atoms with Gasteiger partial charge in [0.25, 0.3) is 5.91 Å². The van der Waals surface area contributed by atoms with E-state index in [1.807, 2.05) is 6.92 Å². The van der Waals surface area contributed by atoms with Crippen molar-refractivity contribution in [2.75, 3.05) is 25.1 Å². The van der Waals surface area contributed by atoms with Gasteiger partial charge < -0.3 is 4.90 Å². The van der Waals surface area contributed by atoms with Crippen LogP contribution in [0, 0.1) is 0 Å². The van der Waals surface area contributed by atoms with Crippen LogP contribution in [0.3, 0.4) is 0 Å². The van der Waals surface area contributed by atoms with Crippen LogP contribution >= 0.6 is 0 Å². The molecule has 2 rings (SSSR count). The Bertz CT molecular complexity index is 910. The third kappa shape index (κ3) is 5.12. The van der Waals surface area contributed by atoms with Crippen molar-refractivity contribution in [2.45, 2.75) is 57.0 Å². The van der Waals surface area contributed by atoms with Gasteiger partial charge in [-0.15, -0.1) is 0 Å². The lowest BCUT2D eigenvalue weighted by molar-refractivity contribution is 0.0694. The number of amides is 1. The summed E-state index contributed by atoms with van der Waals surface area (Å²) in [6.45, 7) is 6.01. The minimum absolute atomic E-state index is 0.0312. The number of hydrogen-bond donors (Lipinski definition) is 0. The molecule has 158 valence electrons. The Morgan fingerprint density at radius 1 is 1.29 bits per heavy atom. The van der Waals surface area contributed by atoms with E-state index in [1.165, 1.54) is 23.5 Å². The van der Waals surface area contributed by atoms with Gasteiger partial charge in [0.2, 0.25) is 10.0 Å². The molecule has 1 heterocycles. The van der Waals surface area contributed by atoms with Crippen LogP contribution in [0.1, 0.15) is 50.4 Å². The first kappa shape index (κ1) is 22.8. The molecule has 1 amide bonds. The Morgan fingerprint density at radius 2 is 1.96 bits per heavy atom. The average molecular weight is 431 g/mol. The molecule has 1 aliphatic rings. The molecular formula is C19H30N2O5S2. The predicted molar refractivity (Wildman–Crippen MR) is 110 cm³/mol. The normalized spacial score (nSPS) is 19.3. The maximum atomic E-state index is 13.2. The second-order valence-corrected chi connectivity index (χ2v) is 11.8. The van der Waals surface area contributed by atoms with E-state index in [4.69, 9.17) is 0 Å². The number of benzene rings is 1. The van der Waals surface area contributed by atoms with Crippen molar-refractivity contribution >= 4 is 25.8 Å². The maximum absolute atomic E-state index is 13.2. The fraction of sp³-hybridized carbons (Fsp3) is 0.632. The van der Waals surface area contributed by atoms with Crippen molar-refractivity contribution in [3.8, 4) is 0 Å². The van der Waals surface area contributed by atoms with E-state index < -0.39 is 19.9 Å². The molecule has 0 aromatic heterocycles. The number of carbonyl (C=O) groups is 1. The number of hydrogen-bond acceptors (Lipinski definition) is 5. The van der Waals surface area contributed by atoms with Crippen molar-refractivity contribution in [3.63, 3.8) is 0 Å². The van der Waals surface area contributed by atoms with E-state index >= 15 is 0 Å². The molecule has 9 heteroatoms. The van der Waals surface area contributed by atoms with Crippen LogP contribution in [0.2, 0.25) is 0 Å². The highest BCUT2D eigenvalue weighted by Crippen LogP contribution is 2.23. The summed E-state index contributed by atoms with van der Waals surface area (Å²) in [6.07, 6.45) is 2.05. The standard InChI is InChI=1S/C19H30N2O5S2/c1-5-6-11-21(17-10-12-27(23,24)14-17)19(22)16-8-7-9-18(13-16)28(25,26)20(4)15(2)3/h7-9,13,15,17H,5-6,10-12,14H2,1-4H3. The fourth-order valence-corrected chi connectivity index (χ4v) is 6.34. The molecule has 0 N–H and O–H groups in total. The summed E-state index contributed by atoms with van der Waals surface area (Å²) in [5.41, 5.74) is 0.263. The molecule has 0 radical (unpaired) electrons. The Labute approximate surface area is 168 Å². The van der Waals surface area contributed by atoms with Crippen molar-refractivity contribution in [2.24, 2.45) is 0 Å². The van der Waals surface area contributed by atoms with Crippen molar-refractivity contribution in [3.05, 3.63) is 29.8 Å². The van der Waals surface area contributed by atoms with Crippen molar-refractivity contribution < 1.29 is 21.6 Å². The fourth-order valence-electron chi connectivity index (χ4n) is 3.20. The van der Waals surface area contributed by atoms with Gasteiger partial charge in [0.15, 0.2) is 9.84 Å². The van der Waals surface area contributed by atoms with E-state index in [-0.39, 0.29) is 40.0 Å². The number of unbranched alkanes of at least 4 members (excludes halogenated alkanes) is 1. The minimum atomic E-state index is -3.71. The molecular weight excluding hydrogens is 400 g/mol. The Hall–Kier alpha value is -1.45. The zero-order valence-electron chi connectivity index (χ0n) is 17.0. The molecule has 1 saturated heterocycles. The first-order valence-corrected chi connectivity index (χ1v) is 12.8. The summed E-state index contributed by atoms with van der Waals surface area (Å²) in [7, 11) is -5.33. The Morgan fingerprint density at radius 3 is 2.50 bits per heavy atom. The van der Waals surface area contributed by atoms with Gasteiger partial charge in [0.1, 0.15) is 0 Å². The van der Waals surface area contributed by atoms with E-state index in [0.29, 0.717) is 13.0 Å². The van der Waals surface area contributed by atoms with Crippen molar-refractivity contribution in [1.29, 1.82) is 0 Å². The second kappa shape index (κ2) is 8.92. The largest absolute Gasteiger partial charge is 0.335 e. The Balaban J connectivity index is 2.35. The van der Waals surface area contributed by atoms with Gasteiger partial charge in [-0.25, -0.2) is 16.8 Å². The molecule has 1 aliphatic heterocycles. The lowest BCUT2D eigenvalue weighted by Crippen LogP contribution is -2.42. The van der Waals surface area contributed by atoms with Crippen LogP contribution < -0.4 is 0 Å². The molecule has 0 aliphatic carbocycles. The van der Waals surface area contributed by atoms with Gasteiger partial charge in [-0.3, -0.25) is 4.79 Å². The molecule has 0 bridgehead atoms. The van der Waals surface area contributed by atoms with E-state index in [0.717, 1.165) is 12.8 Å². The molecule has 0 saturated carbocycles. The van der Waals surface area contributed by atoms with Crippen LogP contribution in [0.4, 0.5) is 0 Å². The molecule has 28 heavy (non-hydrogen) atoms. The third-order valence-corrected chi connectivity index (χ3v) is 8.93. The molecule has 1 atom stereocenters. The summed E-state index contributed by atoms with van der Waals surface area (Å²) in [6, 6.07) is 5.42. The van der Waals surface area contributed by atoms with Crippen LogP contribution in [0.5, 0.6) is 0 Å². The number of nitrogens with zero attached hydrogens (tertiary/aromatic N) is 2. The second-order valence-electron chi connectivity index (χ2n) is 7.55. The SMILES string of the molecule is CCCCN(C(=O)c1cccc(S(=O)(=O)N(C)C(C)C)c1)C1CCS(=O)(=O)C1. The molecule has 1 aromatic carbocycles. The lowest BCUT2D eigenvalue weighted by Gasteiger charge is -2.28. The quantitative estimate of drug-likeness (QED) is 0.630. The number of sulfonamides is 1. The summed E-state index contributed by atoms with van der Waals surface area (Å²) in [4.78, 5) is 14.8. The smallest absolute Gasteiger partial charge is 0.254 e. The molecule has 0 spiro atoms. The van der Waals surface area contributed by atoms with Crippen molar-refractivity contribution in [1.82, 2.24) is 9.21 Å². The van der Waals surface area contributed by atoms with Crippen LogP contribution in [-0.2, 0) is 19.9 Å². The lowest BCUT2D eigenvalue weighted by atomic mass is 10.1. The van der Waals surface area contributed by atoms with Crippen LogP contribution in [0.25, 0.3) is 0 Å². The monoisotopic (exact) mass is 430 g/mol. The molecule has 7 nitrogen and oxygen atoms in total. The topological polar surface area (TPSA) is 91.8 Å². The van der Waals surface area contributed by atoms with Gasteiger partial charge in [-0.1, -0.05) is 19.4 Å². The van der Waals surface area contributed by atoms with Gasteiger partial charge in [0.05, 0.1) is 16.4 Å². The Kier molecular flexibility index (Phi) is 7.27. The highest BCUT2D eigenvalue weighted by molar-refractivity contribution is 7.91. The minimum Gasteiger partial charge on any atom is -0.335 e. The first-order chi connectivity index (χ1) is 13.0. The zero-order valence-corrected chi connectivity index (χ0v) is 18.6.